The molecule has 3 aromatic rings. The van der Waals surface area contributed by atoms with Gasteiger partial charge in [0, 0.05) is 11.7 Å². The Morgan fingerprint density at radius 2 is 1.68 bits per heavy atom. The summed E-state index contributed by atoms with van der Waals surface area (Å²) in [5.41, 5.74) is 2.60. The summed E-state index contributed by atoms with van der Waals surface area (Å²) in [7, 11) is 0. The summed E-state index contributed by atoms with van der Waals surface area (Å²) in [5, 5.41) is 16.2. The molecule has 146 valence electrons. The molecule has 2 aromatic carbocycles. The van der Waals surface area contributed by atoms with Crippen LogP contribution in [0.15, 0.2) is 46.9 Å². The molecule has 0 bridgehead atoms. The lowest BCUT2D eigenvalue weighted by Crippen LogP contribution is -2.22. The zero-order valence-corrected chi connectivity index (χ0v) is 16.9. The van der Waals surface area contributed by atoms with E-state index in [1.54, 1.807) is 12.1 Å². The van der Waals surface area contributed by atoms with Crippen molar-refractivity contribution in [2.24, 2.45) is 0 Å². The first kappa shape index (κ1) is 19.1. The van der Waals surface area contributed by atoms with E-state index in [1.165, 1.54) is 19.3 Å². The molecule has 1 aliphatic carbocycles. The van der Waals surface area contributed by atoms with E-state index in [-0.39, 0.29) is 0 Å². The van der Waals surface area contributed by atoms with E-state index in [1.807, 2.05) is 30.3 Å². The molecule has 28 heavy (non-hydrogen) atoms. The molecule has 1 saturated carbocycles. The highest BCUT2D eigenvalue weighted by atomic mass is 35.5. The summed E-state index contributed by atoms with van der Waals surface area (Å²) in [5.74, 6) is 0.567. The molecule has 5 nitrogen and oxygen atoms in total. The molecule has 0 saturated heterocycles. The molecule has 2 N–H and O–H groups in total. The highest BCUT2D eigenvalue weighted by Crippen LogP contribution is 2.34. The van der Waals surface area contributed by atoms with E-state index >= 15 is 0 Å². The molecule has 0 radical (unpaired) electrons. The third-order valence-electron chi connectivity index (χ3n) is 4.98. The van der Waals surface area contributed by atoms with Gasteiger partial charge < -0.3 is 15.1 Å². The second-order valence-electron chi connectivity index (χ2n) is 7.04. The van der Waals surface area contributed by atoms with E-state index < -0.39 is 0 Å². The quantitative estimate of drug-likeness (QED) is 0.482. The fourth-order valence-electron chi connectivity index (χ4n) is 3.52. The van der Waals surface area contributed by atoms with Crippen LogP contribution in [0.2, 0.25) is 10.0 Å². The van der Waals surface area contributed by atoms with Crippen molar-refractivity contribution in [3.63, 3.8) is 0 Å². The summed E-state index contributed by atoms with van der Waals surface area (Å²) < 4.78 is 5.83. The molecule has 0 unspecified atom stereocenters. The van der Waals surface area contributed by atoms with Gasteiger partial charge in [-0.2, -0.15) is 0 Å². The molecule has 1 aliphatic rings. The minimum absolute atomic E-state index is 0.429. The Balaban J connectivity index is 1.48. The summed E-state index contributed by atoms with van der Waals surface area (Å²) >= 11 is 12.6. The number of aromatic nitrogens is 2. The topological polar surface area (TPSA) is 63.0 Å². The predicted octanol–water partition coefficient (Wildman–Crippen LogP) is 6.46. The maximum absolute atomic E-state index is 6.29. The van der Waals surface area contributed by atoms with Gasteiger partial charge in [-0.25, -0.2) is 0 Å². The van der Waals surface area contributed by atoms with Crippen molar-refractivity contribution in [1.29, 1.82) is 0 Å². The Labute approximate surface area is 174 Å². The van der Waals surface area contributed by atoms with Gasteiger partial charge in [-0.3, -0.25) is 0 Å². The van der Waals surface area contributed by atoms with Crippen LogP contribution >= 0.6 is 23.2 Å². The number of hydrogen-bond acceptors (Lipinski definition) is 5. The van der Waals surface area contributed by atoms with Gasteiger partial charge in [-0.15, -0.1) is 5.10 Å². The highest BCUT2D eigenvalue weighted by molar-refractivity contribution is 6.39. The van der Waals surface area contributed by atoms with Crippen LogP contribution in [0.4, 0.5) is 17.4 Å². The monoisotopic (exact) mass is 416 g/mol. The Bertz CT molecular complexity index is 917. The first-order valence-corrected chi connectivity index (χ1v) is 10.3. The van der Waals surface area contributed by atoms with Crippen LogP contribution in [0, 0.1) is 0 Å². The van der Waals surface area contributed by atoms with E-state index in [9.17, 15) is 0 Å². The second-order valence-corrected chi connectivity index (χ2v) is 7.85. The van der Waals surface area contributed by atoms with Crippen LogP contribution in [-0.4, -0.2) is 16.2 Å². The minimum atomic E-state index is 0.429. The van der Waals surface area contributed by atoms with Crippen LogP contribution in [0.25, 0.3) is 0 Å². The zero-order valence-electron chi connectivity index (χ0n) is 15.4. The number of halogens is 2. The number of hydrogen-bond donors (Lipinski definition) is 2. The van der Waals surface area contributed by atoms with Gasteiger partial charge in [0.1, 0.15) is 0 Å². The van der Waals surface area contributed by atoms with E-state index in [0.717, 1.165) is 24.1 Å². The average Bonchev–Trinajstić information content (AvgIpc) is 3.14. The summed E-state index contributed by atoms with van der Waals surface area (Å²) in [4.78, 5) is 0. The van der Waals surface area contributed by atoms with Crippen molar-refractivity contribution in [2.45, 2.75) is 44.6 Å². The number of anilines is 3. The molecule has 1 fully saturated rings. The molecule has 0 atom stereocenters. The SMILES string of the molecule is Clc1cccc(Cl)c1Nc1ccccc1Cc1nnc(NC2CCCCC2)o1. The number of benzene rings is 2. The van der Waals surface area contributed by atoms with Gasteiger partial charge in [0.05, 0.1) is 22.2 Å². The Kier molecular flexibility index (Phi) is 6.03. The largest absolute Gasteiger partial charge is 0.408 e. The van der Waals surface area contributed by atoms with Crippen molar-refractivity contribution in [3.05, 3.63) is 64.0 Å². The van der Waals surface area contributed by atoms with Gasteiger partial charge in [0.25, 0.3) is 0 Å². The van der Waals surface area contributed by atoms with Crippen molar-refractivity contribution < 1.29 is 4.42 Å². The standard InChI is InChI=1S/C21H22Cl2N4O/c22-16-10-6-11-17(23)20(16)25-18-12-5-4-7-14(18)13-19-26-27-21(28-19)24-15-8-2-1-3-9-15/h4-7,10-12,15,25H,1-3,8-9,13H2,(H,24,27). The molecule has 4 rings (SSSR count). The lowest BCUT2D eigenvalue weighted by Gasteiger charge is -2.21. The third kappa shape index (κ3) is 4.59. The normalized spacial score (nSPS) is 14.8. The molecule has 1 heterocycles. The molecule has 0 aliphatic heterocycles. The molecular weight excluding hydrogens is 395 g/mol. The Morgan fingerprint density at radius 1 is 0.929 bits per heavy atom. The summed E-state index contributed by atoms with van der Waals surface area (Å²) in [6.07, 6.45) is 6.65. The fraction of sp³-hybridized carbons (Fsp3) is 0.333. The van der Waals surface area contributed by atoms with Gasteiger partial charge in [-0.05, 0) is 36.6 Å². The van der Waals surface area contributed by atoms with Crippen LogP contribution in [0.3, 0.4) is 0 Å². The van der Waals surface area contributed by atoms with E-state index in [4.69, 9.17) is 27.6 Å². The maximum Gasteiger partial charge on any atom is 0.315 e. The van der Waals surface area contributed by atoms with Gasteiger partial charge in [-0.1, -0.05) is 71.8 Å². The van der Waals surface area contributed by atoms with E-state index in [0.29, 0.717) is 40.1 Å². The lowest BCUT2D eigenvalue weighted by molar-refractivity contribution is 0.442. The smallest absolute Gasteiger partial charge is 0.315 e. The van der Waals surface area contributed by atoms with Gasteiger partial charge in [0.2, 0.25) is 5.89 Å². The third-order valence-corrected chi connectivity index (χ3v) is 5.61. The zero-order chi connectivity index (χ0) is 19.3. The van der Waals surface area contributed by atoms with Gasteiger partial charge >= 0.3 is 6.01 Å². The van der Waals surface area contributed by atoms with Crippen LogP contribution < -0.4 is 10.6 Å². The molecule has 7 heteroatoms. The van der Waals surface area contributed by atoms with Crippen molar-refractivity contribution in [3.8, 4) is 0 Å². The summed E-state index contributed by atoms with van der Waals surface area (Å²) in [6, 6.07) is 14.3. The van der Waals surface area contributed by atoms with Crippen LogP contribution in [0.1, 0.15) is 43.6 Å². The fourth-order valence-corrected chi connectivity index (χ4v) is 4.01. The minimum Gasteiger partial charge on any atom is -0.408 e. The van der Waals surface area contributed by atoms with Crippen molar-refractivity contribution >= 4 is 40.6 Å². The number of rotatable bonds is 6. The molecule has 0 spiro atoms. The van der Waals surface area contributed by atoms with Gasteiger partial charge in [0.15, 0.2) is 0 Å². The van der Waals surface area contributed by atoms with Crippen molar-refractivity contribution in [2.75, 3.05) is 10.6 Å². The lowest BCUT2D eigenvalue weighted by atomic mass is 9.96. The molecular formula is C21H22Cl2N4O. The van der Waals surface area contributed by atoms with Crippen LogP contribution in [0.5, 0.6) is 0 Å². The average molecular weight is 417 g/mol. The predicted molar refractivity (Wildman–Crippen MR) is 114 cm³/mol. The maximum atomic E-state index is 6.29. The Morgan fingerprint density at radius 3 is 2.46 bits per heavy atom. The first-order valence-electron chi connectivity index (χ1n) is 9.57. The summed E-state index contributed by atoms with van der Waals surface area (Å²) in [6.45, 7) is 0. The highest BCUT2D eigenvalue weighted by Gasteiger charge is 2.17. The first-order chi connectivity index (χ1) is 13.7. The number of nitrogens with one attached hydrogen (secondary N) is 2. The van der Waals surface area contributed by atoms with Crippen molar-refractivity contribution in [1.82, 2.24) is 10.2 Å². The van der Waals surface area contributed by atoms with Crippen LogP contribution in [-0.2, 0) is 6.42 Å². The number of nitrogens with zero attached hydrogens (tertiary/aromatic N) is 2. The number of para-hydroxylation sites is 2. The second kappa shape index (κ2) is 8.84. The van der Waals surface area contributed by atoms with E-state index in [2.05, 4.69) is 20.8 Å². The Hall–Kier alpha value is -2.24. The molecule has 0 amide bonds. The molecule has 1 aromatic heterocycles.